The van der Waals surface area contributed by atoms with E-state index in [1.165, 1.54) is 6.26 Å². The van der Waals surface area contributed by atoms with E-state index < -0.39 is 10.0 Å². The Bertz CT molecular complexity index is 336. The molecule has 0 aromatic heterocycles. The molecule has 1 fully saturated rings. The van der Waals surface area contributed by atoms with Crippen LogP contribution in [-0.2, 0) is 10.0 Å². The minimum absolute atomic E-state index is 0.291. The Morgan fingerprint density at radius 2 is 1.81 bits per heavy atom. The maximum atomic E-state index is 11.6. The molecule has 1 aliphatic rings. The average molecular weight is 248 g/mol. The van der Waals surface area contributed by atoms with Crippen LogP contribution in [0.15, 0.2) is 0 Å². The molecule has 0 unspecified atom stereocenters. The summed E-state index contributed by atoms with van der Waals surface area (Å²) in [4.78, 5) is 2.35. The highest BCUT2D eigenvalue weighted by Gasteiger charge is 2.38. The molecule has 0 spiro atoms. The zero-order valence-electron chi connectivity index (χ0n) is 11.0. The molecule has 1 saturated heterocycles. The monoisotopic (exact) mass is 248 g/mol. The van der Waals surface area contributed by atoms with Crippen LogP contribution in [0.1, 0.15) is 27.7 Å². The summed E-state index contributed by atoms with van der Waals surface area (Å²) in [5, 5.41) is 0. The second-order valence-corrected chi connectivity index (χ2v) is 7.68. The lowest BCUT2D eigenvalue weighted by molar-refractivity contribution is 0.0743. The fourth-order valence-corrected chi connectivity index (χ4v) is 3.90. The van der Waals surface area contributed by atoms with Gasteiger partial charge in [0.05, 0.1) is 6.26 Å². The van der Waals surface area contributed by atoms with Gasteiger partial charge in [-0.1, -0.05) is 13.8 Å². The number of nitrogens with zero attached hydrogens (tertiary/aromatic N) is 2. The van der Waals surface area contributed by atoms with Crippen LogP contribution in [0.3, 0.4) is 0 Å². The van der Waals surface area contributed by atoms with Crippen LogP contribution < -0.4 is 0 Å². The smallest absolute Gasteiger partial charge is 0.211 e. The molecule has 1 rings (SSSR count). The molecule has 0 amide bonds. The van der Waals surface area contributed by atoms with Crippen molar-refractivity contribution in [3.05, 3.63) is 0 Å². The van der Waals surface area contributed by atoms with Gasteiger partial charge in [0.15, 0.2) is 0 Å². The van der Waals surface area contributed by atoms with Crippen molar-refractivity contribution in [2.45, 2.75) is 33.2 Å². The van der Waals surface area contributed by atoms with E-state index in [0.29, 0.717) is 12.5 Å². The third-order valence-corrected chi connectivity index (χ3v) is 4.41. The summed E-state index contributed by atoms with van der Waals surface area (Å²) in [5.41, 5.74) is -0.291. The molecule has 0 aromatic carbocycles. The molecule has 0 radical (unpaired) electrons. The van der Waals surface area contributed by atoms with Crippen LogP contribution in [-0.4, -0.2) is 55.6 Å². The van der Waals surface area contributed by atoms with Gasteiger partial charge in [0.25, 0.3) is 0 Å². The van der Waals surface area contributed by atoms with Gasteiger partial charge >= 0.3 is 0 Å². The summed E-state index contributed by atoms with van der Waals surface area (Å²) in [7, 11) is -3.08. The first-order valence-electron chi connectivity index (χ1n) is 5.83. The Balaban J connectivity index is 2.73. The van der Waals surface area contributed by atoms with Gasteiger partial charge in [-0.15, -0.1) is 0 Å². The zero-order valence-corrected chi connectivity index (χ0v) is 11.8. The topological polar surface area (TPSA) is 40.6 Å². The van der Waals surface area contributed by atoms with E-state index in [9.17, 15) is 8.42 Å². The Morgan fingerprint density at radius 3 is 2.19 bits per heavy atom. The second kappa shape index (κ2) is 4.63. The summed E-state index contributed by atoms with van der Waals surface area (Å²) in [6.07, 6.45) is 1.30. The maximum Gasteiger partial charge on any atom is 0.211 e. The molecule has 1 heterocycles. The predicted octanol–water partition coefficient (Wildman–Crippen LogP) is 0.998. The van der Waals surface area contributed by atoms with E-state index in [0.717, 1.165) is 19.6 Å². The number of rotatable bonds is 3. The zero-order chi connectivity index (χ0) is 12.6. The summed E-state index contributed by atoms with van der Waals surface area (Å²) in [6.45, 7) is 11.7. The van der Waals surface area contributed by atoms with Gasteiger partial charge in [-0.05, 0) is 19.8 Å². The summed E-state index contributed by atoms with van der Waals surface area (Å²) < 4.78 is 24.9. The SMILES string of the molecule is CC(C)CN1CCN(S(C)(=O)=O)C(C)(C)C1. The standard InChI is InChI=1S/C11H24N2O2S/c1-10(2)8-12-6-7-13(16(5,14)15)11(3,4)9-12/h10H,6-9H2,1-5H3. The van der Waals surface area contributed by atoms with Gasteiger partial charge in [0.1, 0.15) is 0 Å². The van der Waals surface area contributed by atoms with Crippen molar-refractivity contribution in [1.82, 2.24) is 9.21 Å². The summed E-state index contributed by atoms with van der Waals surface area (Å²) in [5.74, 6) is 0.626. The van der Waals surface area contributed by atoms with Crippen LogP contribution in [0.5, 0.6) is 0 Å². The predicted molar refractivity (Wildman–Crippen MR) is 66.9 cm³/mol. The Kier molecular flexibility index (Phi) is 4.03. The lowest BCUT2D eigenvalue weighted by Crippen LogP contribution is -2.61. The van der Waals surface area contributed by atoms with Gasteiger partial charge in [-0.2, -0.15) is 4.31 Å². The highest BCUT2D eigenvalue weighted by Crippen LogP contribution is 2.24. The molecular weight excluding hydrogens is 224 g/mol. The second-order valence-electron chi connectivity index (χ2n) is 5.78. The Hall–Kier alpha value is -0.130. The maximum absolute atomic E-state index is 11.6. The van der Waals surface area contributed by atoms with Crippen molar-refractivity contribution in [3.8, 4) is 0 Å². The Labute approximate surface area is 99.7 Å². The fraction of sp³-hybridized carbons (Fsp3) is 1.00. The minimum atomic E-state index is -3.08. The summed E-state index contributed by atoms with van der Waals surface area (Å²) in [6, 6.07) is 0. The third-order valence-electron chi connectivity index (χ3n) is 2.93. The quantitative estimate of drug-likeness (QED) is 0.748. The summed E-state index contributed by atoms with van der Waals surface area (Å²) >= 11 is 0. The fourth-order valence-electron chi connectivity index (χ4n) is 2.53. The lowest BCUT2D eigenvalue weighted by Gasteiger charge is -2.46. The number of hydrogen-bond donors (Lipinski definition) is 0. The molecule has 96 valence electrons. The number of sulfonamides is 1. The lowest BCUT2D eigenvalue weighted by atomic mass is 10.0. The van der Waals surface area contributed by atoms with E-state index in [1.807, 2.05) is 13.8 Å². The average Bonchev–Trinajstić information content (AvgIpc) is 1.97. The van der Waals surface area contributed by atoms with E-state index in [2.05, 4.69) is 18.7 Å². The van der Waals surface area contributed by atoms with Crippen LogP contribution in [0.2, 0.25) is 0 Å². The Morgan fingerprint density at radius 1 is 1.25 bits per heavy atom. The molecule has 0 N–H and O–H groups in total. The number of hydrogen-bond acceptors (Lipinski definition) is 3. The van der Waals surface area contributed by atoms with Gasteiger partial charge in [0.2, 0.25) is 10.0 Å². The van der Waals surface area contributed by atoms with E-state index >= 15 is 0 Å². The minimum Gasteiger partial charge on any atom is -0.300 e. The van der Waals surface area contributed by atoms with Crippen molar-refractivity contribution in [2.75, 3.05) is 32.4 Å². The highest BCUT2D eigenvalue weighted by atomic mass is 32.2. The molecule has 0 bridgehead atoms. The molecule has 4 nitrogen and oxygen atoms in total. The van der Waals surface area contributed by atoms with Crippen molar-refractivity contribution in [2.24, 2.45) is 5.92 Å². The first-order valence-corrected chi connectivity index (χ1v) is 7.68. The van der Waals surface area contributed by atoms with Gasteiger partial charge < -0.3 is 0 Å². The largest absolute Gasteiger partial charge is 0.300 e. The van der Waals surface area contributed by atoms with Crippen LogP contribution in [0.25, 0.3) is 0 Å². The molecule has 16 heavy (non-hydrogen) atoms. The van der Waals surface area contributed by atoms with E-state index in [-0.39, 0.29) is 5.54 Å². The first kappa shape index (κ1) is 13.9. The van der Waals surface area contributed by atoms with Crippen LogP contribution in [0.4, 0.5) is 0 Å². The molecule has 0 saturated carbocycles. The van der Waals surface area contributed by atoms with Crippen molar-refractivity contribution < 1.29 is 8.42 Å². The molecular formula is C11H24N2O2S. The van der Waals surface area contributed by atoms with E-state index in [4.69, 9.17) is 0 Å². The van der Waals surface area contributed by atoms with Crippen molar-refractivity contribution in [3.63, 3.8) is 0 Å². The third kappa shape index (κ3) is 3.43. The van der Waals surface area contributed by atoms with Crippen molar-refractivity contribution in [1.29, 1.82) is 0 Å². The van der Waals surface area contributed by atoms with Crippen LogP contribution in [0, 0.1) is 5.92 Å². The molecule has 0 atom stereocenters. The number of piperazine rings is 1. The highest BCUT2D eigenvalue weighted by molar-refractivity contribution is 7.88. The molecule has 0 aliphatic carbocycles. The van der Waals surface area contributed by atoms with E-state index in [1.54, 1.807) is 4.31 Å². The van der Waals surface area contributed by atoms with Gasteiger partial charge in [-0.3, -0.25) is 4.90 Å². The van der Waals surface area contributed by atoms with Crippen LogP contribution >= 0.6 is 0 Å². The normalized spacial score (nSPS) is 23.9. The molecule has 5 heteroatoms. The first-order chi connectivity index (χ1) is 7.13. The van der Waals surface area contributed by atoms with Gasteiger partial charge in [0, 0.05) is 31.7 Å². The van der Waals surface area contributed by atoms with Gasteiger partial charge in [-0.25, -0.2) is 8.42 Å². The van der Waals surface area contributed by atoms with Crippen molar-refractivity contribution >= 4 is 10.0 Å². The molecule has 1 aliphatic heterocycles. The molecule has 0 aromatic rings.